The van der Waals surface area contributed by atoms with Crippen LogP contribution in [0.15, 0.2) is 24.4 Å². The second kappa shape index (κ2) is 7.37. The number of aryl methyl sites for hydroxylation is 1. The summed E-state index contributed by atoms with van der Waals surface area (Å²) in [4.78, 5) is 8.94. The predicted molar refractivity (Wildman–Crippen MR) is 97.0 cm³/mol. The molecule has 2 aromatic rings. The van der Waals surface area contributed by atoms with E-state index in [2.05, 4.69) is 20.6 Å². The van der Waals surface area contributed by atoms with E-state index in [-0.39, 0.29) is 0 Å². The first-order chi connectivity index (χ1) is 11.1. The molecule has 1 fully saturated rings. The molecule has 1 aromatic carbocycles. The fourth-order valence-electron chi connectivity index (χ4n) is 2.84. The van der Waals surface area contributed by atoms with Crippen LogP contribution in [-0.2, 0) is 0 Å². The van der Waals surface area contributed by atoms with E-state index in [4.69, 9.17) is 23.2 Å². The molecule has 23 heavy (non-hydrogen) atoms. The highest BCUT2D eigenvalue weighted by molar-refractivity contribution is 6.35. The van der Waals surface area contributed by atoms with Gasteiger partial charge in [0.1, 0.15) is 5.82 Å². The number of hydrogen-bond acceptors (Lipinski definition) is 4. The number of nitrogens with zero attached hydrogens (tertiary/aromatic N) is 2. The highest BCUT2D eigenvalue weighted by atomic mass is 35.5. The summed E-state index contributed by atoms with van der Waals surface area (Å²) in [5, 5.41) is 7.87. The van der Waals surface area contributed by atoms with Crippen molar-refractivity contribution in [2.24, 2.45) is 0 Å². The maximum absolute atomic E-state index is 6.02. The van der Waals surface area contributed by atoms with Crippen LogP contribution in [-0.4, -0.2) is 16.0 Å². The Morgan fingerprint density at radius 1 is 1.04 bits per heavy atom. The molecule has 1 heterocycles. The molecule has 1 saturated carbocycles. The molecule has 0 spiro atoms. The molecular weight excluding hydrogens is 331 g/mol. The molecule has 0 aliphatic heterocycles. The lowest BCUT2D eigenvalue weighted by Gasteiger charge is -2.24. The van der Waals surface area contributed by atoms with E-state index in [1.165, 1.54) is 32.1 Å². The Labute approximate surface area is 146 Å². The van der Waals surface area contributed by atoms with Gasteiger partial charge in [-0.1, -0.05) is 42.5 Å². The van der Waals surface area contributed by atoms with Crippen molar-refractivity contribution in [1.29, 1.82) is 0 Å². The third-order valence-electron chi connectivity index (χ3n) is 4.04. The van der Waals surface area contributed by atoms with Crippen molar-refractivity contribution >= 4 is 40.7 Å². The summed E-state index contributed by atoms with van der Waals surface area (Å²) in [5.74, 6) is 1.43. The van der Waals surface area contributed by atoms with Crippen LogP contribution >= 0.6 is 23.2 Å². The maximum Gasteiger partial charge on any atom is 0.229 e. The van der Waals surface area contributed by atoms with Crippen LogP contribution in [0.4, 0.5) is 17.5 Å². The monoisotopic (exact) mass is 350 g/mol. The first kappa shape index (κ1) is 16.3. The number of benzene rings is 1. The summed E-state index contributed by atoms with van der Waals surface area (Å²) < 4.78 is 0. The minimum absolute atomic E-state index is 0.505. The normalized spacial score (nSPS) is 15.4. The van der Waals surface area contributed by atoms with Gasteiger partial charge in [-0.2, -0.15) is 4.98 Å². The molecule has 2 N–H and O–H groups in total. The van der Waals surface area contributed by atoms with Gasteiger partial charge in [-0.05, 0) is 38.0 Å². The molecule has 1 aromatic heterocycles. The molecule has 0 unspecified atom stereocenters. The van der Waals surface area contributed by atoms with Gasteiger partial charge in [0.25, 0.3) is 0 Å². The second-order valence-corrected chi connectivity index (χ2v) is 6.86. The van der Waals surface area contributed by atoms with E-state index in [1.54, 1.807) is 18.2 Å². The van der Waals surface area contributed by atoms with Gasteiger partial charge in [0.05, 0.1) is 0 Å². The summed E-state index contributed by atoms with van der Waals surface area (Å²) in [6.07, 6.45) is 8.14. The van der Waals surface area contributed by atoms with Gasteiger partial charge in [-0.15, -0.1) is 0 Å². The summed E-state index contributed by atoms with van der Waals surface area (Å²) >= 11 is 12.0. The zero-order valence-electron chi connectivity index (χ0n) is 13.1. The van der Waals surface area contributed by atoms with Crippen molar-refractivity contribution in [1.82, 2.24) is 9.97 Å². The van der Waals surface area contributed by atoms with Gasteiger partial charge < -0.3 is 10.6 Å². The van der Waals surface area contributed by atoms with Crippen LogP contribution < -0.4 is 10.6 Å². The molecule has 0 bridgehead atoms. The Hall–Kier alpha value is -1.52. The average molecular weight is 351 g/mol. The first-order valence-corrected chi connectivity index (χ1v) is 8.69. The third-order valence-corrected chi connectivity index (χ3v) is 4.47. The fraction of sp³-hybridized carbons (Fsp3) is 0.412. The molecule has 3 rings (SSSR count). The van der Waals surface area contributed by atoms with Gasteiger partial charge in [-0.3, -0.25) is 0 Å². The summed E-state index contributed by atoms with van der Waals surface area (Å²) in [7, 11) is 0. The molecule has 0 atom stereocenters. The van der Waals surface area contributed by atoms with E-state index in [9.17, 15) is 0 Å². The Morgan fingerprint density at radius 2 is 1.74 bits per heavy atom. The fourth-order valence-corrected chi connectivity index (χ4v) is 3.37. The largest absolute Gasteiger partial charge is 0.367 e. The lowest BCUT2D eigenvalue weighted by Crippen LogP contribution is -2.23. The quantitative estimate of drug-likeness (QED) is 0.755. The zero-order valence-corrected chi connectivity index (χ0v) is 14.6. The Kier molecular flexibility index (Phi) is 5.23. The smallest absolute Gasteiger partial charge is 0.229 e. The standard InChI is InChI=1S/C17H20Cl2N4/c1-11-10-20-17(22-15-8-12(18)7-13(19)9-15)23-16(11)21-14-5-3-2-4-6-14/h7-10,14H,2-6H2,1H3,(H2,20,21,22,23). The molecule has 1 aliphatic rings. The molecule has 122 valence electrons. The summed E-state index contributed by atoms with van der Waals surface area (Å²) in [6, 6.07) is 5.79. The van der Waals surface area contributed by atoms with E-state index >= 15 is 0 Å². The minimum Gasteiger partial charge on any atom is -0.367 e. The van der Waals surface area contributed by atoms with Crippen molar-refractivity contribution in [2.45, 2.75) is 45.1 Å². The van der Waals surface area contributed by atoms with Crippen LogP contribution in [0.5, 0.6) is 0 Å². The molecular formula is C17H20Cl2N4. The number of halogens is 2. The zero-order chi connectivity index (χ0) is 16.2. The minimum atomic E-state index is 0.505. The topological polar surface area (TPSA) is 49.8 Å². The van der Waals surface area contributed by atoms with E-state index in [1.807, 2.05) is 13.1 Å². The van der Waals surface area contributed by atoms with Crippen molar-refractivity contribution in [3.8, 4) is 0 Å². The number of hydrogen-bond donors (Lipinski definition) is 2. The lowest BCUT2D eigenvalue weighted by molar-refractivity contribution is 0.461. The Morgan fingerprint density at radius 3 is 2.43 bits per heavy atom. The predicted octanol–water partition coefficient (Wildman–Crippen LogP) is 5.58. The molecule has 0 amide bonds. The lowest BCUT2D eigenvalue weighted by atomic mass is 9.95. The first-order valence-electron chi connectivity index (χ1n) is 7.93. The number of anilines is 3. The van der Waals surface area contributed by atoms with Crippen LogP contribution in [0.1, 0.15) is 37.7 Å². The molecule has 4 nitrogen and oxygen atoms in total. The van der Waals surface area contributed by atoms with Gasteiger partial charge in [0.2, 0.25) is 5.95 Å². The van der Waals surface area contributed by atoms with Crippen molar-refractivity contribution in [3.63, 3.8) is 0 Å². The summed E-state index contributed by atoms with van der Waals surface area (Å²) in [5.41, 5.74) is 1.82. The maximum atomic E-state index is 6.02. The molecule has 6 heteroatoms. The Bertz CT molecular complexity index is 664. The van der Waals surface area contributed by atoms with Gasteiger partial charge in [0.15, 0.2) is 0 Å². The van der Waals surface area contributed by atoms with E-state index in [0.29, 0.717) is 22.0 Å². The van der Waals surface area contributed by atoms with Crippen LogP contribution in [0, 0.1) is 6.92 Å². The second-order valence-electron chi connectivity index (χ2n) is 5.99. The molecule has 0 radical (unpaired) electrons. The van der Waals surface area contributed by atoms with E-state index in [0.717, 1.165) is 17.1 Å². The Balaban J connectivity index is 1.76. The molecule has 0 saturated heterocycles. The van der Waals surface area contributed by atoms with Crippen LogP contribution in [0.2, 0.25) is 10.0 Å². The van der Waals surface area contributed by atoms with Gasteiger partial charge in [-0.25, -0.2) is 4.98 Å². The number of aromatic nitrogens is 2. The van der Waals surface area contributed by atoms with Gasteiger partial charge >= 0.3 is 0 Å². The third kappa shape index (κ3) is 4.49. The highest BCUT2D eigenvalue weighted by Gasteiger charge is 2.15. The average Bonchev–Trinajstić information content (AvgIpc) is 2.51. The van der Waals surface area contributed by atoms with Crippen LogP contribution in [0.25, 0.3) is 0 Å². The SMILES string of the molecule is Cc1cnc(Nc2cc(Cl)cc(Cl)c2)nc1NC1CCCCC1. The van der Waals surface area contributed by atoms with Crippen molar-refractivity contribution < 1.29 is 0 Å². The summed E-state index contributed by atoms with van der Waals surface area (Å²) in [6.45, 7) is 2.02. The number of rotatable bonds is 4. The van der Waals surface area contributed by atoms with Crippen LogP contribution in [0.3, 0.4) is 0 Å². The molecule has 1 aliphatic carbocycles. The number of nitrogens with one attached hydrogen (secondary N) is 2. The van der Waals surface area contributed by atoms with Gasteiger partial charge in [0, 0.05) is 33.5 Å². The van der Waals surface area contributed by atoms with Crippen molar-refractivity contribution in [3.05, 3.63) is 40.0 Å². The van der Waals surface area contributed by atoms with E-state index < -0.39 is 0 Å². The van der Waals surface area contributed by atoms with Crippen molar-refractivity contribution in [2.75, 3.05) is 10.6 Å². The highest BCUT2D eigenvalue weighted by Crippen LogP contribution is 2.26.